The largest absolute Gasteiger partial charge is 0.347 e. The number of aromatic amines is 1. The summed E-state index contributed by atoms with van der Waals surface area (Å²) >= 11 is 0. The fourth-order valence-corrected chi connectivity index (χ4v) is 5.37. The zero-order valence-corrected chi connectivity index (χ0v) is 19.7. The van der Waals surface area contributed by atoms with Crippen LogP contribution in [0.2, 0.25) is 0 Å². The van der Waals surface area contributed by atoms with Crippen LogP contribution >= 0.6 is 0 Å². The Morgan fingerprint density at radius 1 is 0.833 bits per heavy atom. The van der Waals surface area contributed by atoms with Gasteiger partial charge in [0.25, 0.3) is 5.69 Å². The summed E-state index contributed by atoms with van der Waals surface area (Å²) in [6.45, 7) is 2.16. The van der Waals surface area contributed by atoms with Gasteiger partial charge in [0.05, 0.1) is 40.9 Å². The highest BCUT2D eigenvalue weighted by molar-refractivity contribution is 5.98. The van der Waals surface area contributed by atoms with Gasteiger partial charge in [0.15, 0.2) is 0 Å². The van der Waals surface area contributed by atoms with Crippen LogP contribution in [0, 0.1) is 10.1 Å². The summed E-state index contributed by atoms with van der Waals surface area (Å²) in [6, 6.07) is 28.3. The summed E-state index contributed by atoms with van der Waals surface area (Å²) in [5.74, 6) is 0.00363. The van der Waals surface area contributed by atoms with Gasteiger partial charge < -0.3 is 9.55 Å². The van der Waals surface area contributed by atoms with Gasteiger partial charge in [-0.05, 0) is 32.7 Å². The van der Waals surface area contributed by atoms with Crippen LogP contribution in [0.15, 0.2) is 110 Å². The average Bonchev–Trinajstić information content (AvgIpc) is 3.59. The van der Waals surface area contributed by atoms with Crippen molar-refractivity contribution >= 4 is 27.2 Å². The van der Waals surface area contributed by atoms with Crippen molar-refractivity contribution in [3.8, 4) is 11.1 Å². The number of nitrogens with one attached hydrogen (secondary N) is 1. The Balaban J connectivity index is 1.55. The lowest BCUT2D eigenvalue weighted by atomic mass is 9.88. The summed E-state index contributed by atoms with van der Waals surface area (Å²) in [7, 11) is 0. The highest BCUT2D eigenvalue weighted by Gasteiger charge is 2.29. The lowest BCUT2D eigenvalue weighted by Crippen LogP contribution is -2.17. The number of benzene rings is 4. The van der Waals surface area contributed by atoms with Crippen molar-refractivity contribution in [1.29, 1.82) is 0 Å². The summed E-state index contributed by atoms with van der Waals surface area (Å²) in [6.07, 6.45) is 7.02. The molecule has 0 bridgehead atoms. The van der Waals surface area contributed by atoms with E-state index in [1.807, 2.05) is 65.4 Å². The molecular formula is C30H24N4O2. The molecule has 1 N–H and O–H groups in total. The zero-order chi connectivity index (χ0) is 24.6. The molecule has 0 saturated carbocycles. The van der Waals surface area contributed by atoms with Gasteiger partial charge in [-0.25, -0.2) is 4.98 Å². The van der Waals surface area contributed by atoms with E-state index >= 15 is 0 Å². The van der Waals surface area contributed by atoms with E-state index in [0.717, 1.165) is 22.0 Å². The Kier molecular flexibility index (Phi) is 5.34. The molecule has 0 fully saturated rings. The van der Waals surface area contributed by atoms with E-state index < -0.39 is 0 Å². The van der Waals surface area contributed by atoms with Crippen molar-refractivity contribution in [2.45, 2.75) is 18.9 Å². The van der Waals surface area contributed by atoms with Crippen molar-refractivity contribution in [3.05, 3.63) is 131 Å². The van der Waals surface area contributed by atoms with Crippen molar-refractivity contribution in [3.63, 3.8) is 0 Å². The van der Waals surface area contributed by atoms with Crippen LogP contribution in [0.5, 0.6) is 0 Å². The summed E-state index contributed by atoms with van der Waals surface area (Å²) in [5.41, 5.74) is 3.60. The first-order valence-corrected chi connectivity index (χ1v) is 11.9. The minimum atomic E-state index is -0.291. The predicted octanol–water partition coefficient (Wildman–Crippen LogP) is 7.49. The van der Waals surface area contributed by atoms with Crippen LogP contribution in [0.25, 0.3) is 32.7 Å². The van der Waals surface area contributed by atoms with Gasteiger partial charge in [-0.3, -0.25) is 10.1 Å². The van der Waals surface area contributed by atoms with Crippen LogP contribution in [0.1, 0.15) is 30.1 Å². The highest BCUT2D eigenvalue weighted by atomic mass is 16.6. The Morgan fingerprint density at radius 3 is 2.22 bits per heavy atom. The third kappa shape index (κ3) is 3.64. The number of rotatable bonds is 6. The molecule has 36 heavy (non-hydrogen) atoms. The van der Waals surface area contributed by atoms with Gasteiger partial charge in [0, 0.05) is 12.1 Å². The number of nitro groups is 1. The SMILES string of the molecule is CC(c1cccc2ccccc12)C(c1cnc[nH]1)n1cc(-c2cccc3ccccc23)c([N+](=O)[O-])c1. The highest BCUT2D eigenvalue weighted by Crippen LogP contribution is 2.41. The number of nitrogens with zero attached hydrogens (tertiary/aromatic N) is 3. The maximum Gasteiger partial charge on any atom is 0.294 e. The minimum Gasteiger partial charge on any atom is -0.347 e. The normalized spacial score (nSPS) is 13.1. The molecule has 6 aromatic rings. The van der Waals surface area contributed by atoms with Gasteiger partial charge in [0.1, 0.15) is 0 Å². The predicted molar refractivity (Wildman–Crippen MR) is 143 cm³/mol. The first-order chi connectivity index (χ1) is 17.6. The van der Waals surface area contributed by atoms with E-state index in [9.17, 15) is 10.1 Å². The summed E-state index contributed by atoms with van der Waals surface area (Å²) in [4.78, 5) is 19.5. The molecule has 2 unspecified atom stereocenters. The van der Waals surface area contributed by atoms with Gasteiger partial charge >= 0.3 is 0 Å². The molecule has 2 aromatic heterocycles. The van der Waals surface area contributed by atoms with Crippen molar-refractivity contribution < 1.29 is 4.92 Å². The maximum atomic E-state index is 12.2. The summed E-state index contributed by atoms with van der Waals surface area (Å²) < 4.78 is 1.97. The molecular weight excluding hydrogens is 448 g/mol. The van der Waals surface area contributed by atoms with E-state index in [4.69, 9.17) is 0 Å². The Bertz CT molecular complexity index is 1690. The second-order valence-electron chi connectivity index (χ2n) is 9.10. The van der Waals surface area contributed by atoms with Crippen molar-refractivity contribution in [2.75, 3.05) is 0 Å². The quantitative estimate of drug-likeness (QED) is 0.202. The van der Waals surface area contributed by atoms with E-state index in [-0.39, 0.29) is 22.6 Å². The lowest BCUT2D eigenvalue weighted by molar-refractivity contribution is -0.384. The zero-order valence-electron chi connectivity index (χ0n) is 19.7. The van der Waals surface area contributed by atoms with Crippen LogP contribution in [-0.2, 0) is 0 Å². The molecule has 0 spiro atoms. The minimum absolute atomic E-state index is 0.00363. The van der Waals surface area contributed by atoms with Crippen LogP contribution < -0.4 is 0 Å². The average molecular weight is 473 g/mol. The number of hydrogen-bond donors (Lipinski definition) is 1. The molecule has 0 radical (unpaired) electrons. The molecule has 0 aliphatic heterocycles. The number of imidazole rings is 1. The van der Waals surface area contributed by atoms with Crippen molar-refractivity contribution in [1.82, 2.24) is 14.5 Å². The molecule has 176 valence electrons. The van der Waals surface area contributed by atoms with Crippen LogP contribution in [0.4, 0.5) is 5.69 Å². The molecule has 6 heteroatoms. The Morgan fingerprint density at radius 2 is 1.50 bits per heavy atom. The van der Waals surface area contributed by atoms with Crippen molar-refractivity contribution in [2.24, 2.45) is 0 Å². The standard InChI is InChI=1S/C30H24N4O2/c1-20(23-14-6-10-21-8-2-4-12-24(21)23)30(28-16-31-19-32-28)33-17-27(29(18-33)34(35)36)26-15-7-11-22-9-3-5-13-25(22)26/h2-20,30H,1H3,(H,31,32). The molecule has 0 amide bonds. The molecule has 0 aliphatic carbocycles. The first-order valence-electron chi connectivity index (χ1n) is 11.9. The van der Waals surface area contributed by atoms with Gasteiger partial charge in [-0.15, -0.1) is 0 Å². The second kappa shape index (κ2) is 8.82. The number of H-pyrrole nitrogens is 1. The van der Waals surface area contributed by atoms with E-state index in [1.165, 1.54) is 16.3 Å². The van der Waals surface area contributed by atoms with Gasteiger partial charge in [-0.1, -0.05) is 91.9 Å². The third-order valence-electron chi connectivity index (χ3n) is 7.05. The number of hydrogen-bond acceptors (Lipinski definition) is 3. The molecule has 2 atom stereocenters. The molecule has 4 aromatic carbocycles. The van der Waals surface area contributed by atoms with Gasteiger partial charge in [-0.2, -0.15) is 0 Å². The van der Waals surface area contributed by atoms with E-state index in [0.29, 0.717) is 5.56 Å². The molecule has 6 rings (SSSR count). The maximum absolute atomic E-state index is 12.2. The van der Waals surface area contributed by atoms with Crippen LogP contribution in [-0.4, -0.2) is 19.5 Å². The lowest BCUT2D eigenvalue weighted by Gasteiger charge is -2.26. The number of fused-ring (bicyclic) bond motifs is 2. The molecule has 0 aliphatic rings. The third-order valence-corrected chi connectivity index (χ3v) is 7.05. The summed E-state index contributed by atoms with van der Waals surface area (Å²) in [5, 5.41) is 16.6. The molecule has 0 saturated heterocycles. The Labute approximate surface area is 208 Å². The smallest absolute Gasteiger partial charge is 0.294 e. The fourth-order valence-electron chi connectivity index (χ4n) is 5.37. The molecule has 6 nitrogen and oxygen atoms in total. The second-order valence-corrected chi connectivity index (χ2v) is 9.10. The van der Waals surface area contributed by atoms with Gasteiger partial charge in [0.2, 0.25) is 0 Å². The Hall–Kier alpha value is -4.71. The topological polar surface area (TPSA) is 76.8 Å². The fraction of sp³-hybridized carbons (Fsp3) is 0.100. The molecule has 2 heterocycles. The van der Waals surface area contributed by atoms with E-state index in [2.05, 4.69) is 47.2 Å². The monoisotopic (exact) mass is 472 g/mol. The van der Waals surface area contributed by atoms with E-state index in [1.54, 1.807) is 18.7 Å². The first kappa shape index (κ1) is 21.8. The number of aromatic nitrogens is 3. The van der Waals surface area contributed by atoms with Crippen LogP contribution in [0.3, 0.4) is 0 Å².